The van der Waals surface area contributed by atoms with Gasteiger partial charge < -0.3 is 4.74 Å². The first-order valence-corrected chi connectivity index (χ1v) is 9.11. The van der Waals surface area contributed by atoms with Crippen molar-refractivity contribution in [3.8, 4) is 0 Å². The quantitative estimate of drug-likeness (QED) is 0.813. The number of para-hydroxylation sites is 1. The molecule has 1 fully saturated rings. The number of halogens is 1. The Morgan fingerprint density at radius 2 is 1.96 bits per heavy atom. The average molecular weight is 384 g/mol. The van der Waals surface area contributed by atoms with E-state index in [0.29, 0.717) is 5.02 Å². The van der Waals surface area contributed by atoms with Crippen LogP contribution in [0.1, 0.15) is 12.5 Å². The van der Waals surface area contributed by atoms with Gasteiger partial charge in [-0.3, -0.25) is 9.80 Å². The molecule has 138 valence electrons. The number of rotatable bonds is 3. The van der Waals surface area contributed by atoms with Gasteiger partial charge in [-0.25, -0.2) is 9.69 Å². The molecule has 0 aliphatic carbocycles. The van der Waals surface area contributed by atoms with Crippen LogP contribution in [-0.2, 0) is 9.53 Å². The van der Waals surface area contributed by atoms with E-state index in [1.807, 2.05) is 55.5 Å². The van der Waals surface area contributed by atoms with Gasteiger partial charge in [-0.15, -0.1) is 0 Å². The van der Waals surface area contributed by atoms with Crippen LogP contribution in [0.2, 0.25) is 5.02 Å². The maximum Gasteiger partial charge on any atom is 0.416 e. The first kappa shape index (κ1) is 17.5. The minimum Gasteiger partial charge on any atom is -0.447 e. The van der Waals surface area contributed by atoms with Crippen molar-refractivity contribution in [1.29, 1.82) is 0 Å². The van der Waals surface area contributed by atoms with Crippen molar-refractivity contribution < 1.29 is 14.3 Å². The Hall–Kier alpha value is -2.86. The highest BCUT2D eigenvalue weighted by atomic mass is 35.5. The molecule has 0 spiro atoms. The number of amides is 2. The number of hydrazone groups is 1. The van der Waals surface area contributed by atoms with Crippen LogP contribution in [0.25, 0.3) is 0 Å². The maximum atomic E-state index is 13.2. The molecule has 0 N–H and O–H groups in total. The van der Waals surface area contributed by atoms with Gasteiger partial charge in [0.1, 0.15) is 12.6 Å². The van der Waals surface area contributed by atoms with Gasteiger partial charge in [-0.1, -0.05) is 48.9 Å². The van der Waals surface area contributed by atoms with Gasteiger partial charge >= 0.3 is 6.09 Å². The summed E-state index contributed by atoms with van der Waals surface area (Å²) < 4.78 is 4.94. The Kier molecular flexibility index (Phi) is 4.58. The molecule has 2 aliphatic heterocycles. The first-order chi connectivity index (χ1) is 13.1. The number of imide groups is 1. The number of carbonyl (C=O) groups excluding carboxylic acids is 2. The molecule has 27 heavy (non-hydrogen) atoms. The molecule has 7 heteroatoms. The summed E-state index contributed by atoms with van der Waals surface area (Å²) in [4.78, 5) is 26.3. The van der Waals surface area contributed by atoms with Crippen molar-refractivity contribution in [2.24, 2.45) is 11.0 Å². The second kappa shape index (κ2) is 7.04. The average Bonchev–Trinajstić information content (AvgIpc) is 3.25. The van der Waals surface area contributed by atoms with E-state index in [0.717, 1.165) is 21.9 Å². The maximum absolute atomic E-state index is 13.2. The number of hydrogen-bond acceptors (Lipinski definition) is 5. The normalized spacial score (nSPS) is 22.0. The van der Waals surface area contributed by atoms with Crippen molar-refractivity contribution in [2.75, 3.05) is 18.2 Å². The second-order valence-electron chi connectivity index (χ2n) is 6.51. The topological polar surface area (TPSA) is 62.2 Å². The van der Waals surface area contributed by atoms with E-state index in [9.17, 15) is 9.59 Å². The van der Waals surface area contributed by atoms with Gasteiger partial charge in [0, 0.05) is 10.9 Å². The van der Waals surface area contributed by atoms with E-state index in [1.54, 1.807) is 11.1 Å². The van der Waals surface area contributed by atoms with Gasteiger partial charge in [-0.05, 0) is 29.8 Å². The first-order valence-electron chi connectivity index (χ1n) is 8.73. The zero-order chi connectivity index (χ0) is 19.0. The molecule has 2 aliphatic rings. The van der Waals surface area contributed by atoms with Gasteiger partial charge in [0.25, 0.3) is 5.91 Å². The number of hydrogen-bond donors (Lipinski definition) is 0. The lowest BCUT2D eigenvalue weighted by atomic mass is 9.92. The summed E-state index contributed by atoms with van der Waals surface area (Å²) in [5.74, 6) is -0.542. The second-order valence-corrected chi connectivity index (χ2v) is 6.95. The van der Waals surface area contributed by atoms with Gasteiger partial charge in [-0.2, -0.15) is 5.10 Å². The highest BCUT2D eigenvalue weighted by Gasteiger charge is 2.45. The summed E-state index contributed by atoms with van der Waals surface area (Å²) in [5.41, 5.74) is 2.40. The molecule has 4 rings (SSSR count). The van der Waals surface area contributed by atoms with E-state index in [-0.39, 0.29) is 25.0 Å². The minimum absolute atomic E-state index is 0.221. The van der Waals surface area contributed by atoms with Crippen LogP contribution in [0.3, 0.4) is 0 Å². The Balaban J connectivity index is 1.75. The van der Waals surface area contributed by atoms with Crippen LogP contribution in [0.4, 0.5) is 10.5 Å². The third-order valence-electron chi connectivity index (χ3n) is 4.80. The molecule has 1 saturated heterocycles. The molecule has 2 aromatic rings. The summed E-state index contributed by atoms with van der Waals surface area (Å²) in [5, 5.41) is 7.03. The van der Waals surface area contributed by atoms with Crippen LogP contribution in [-0.4, -0.2) is 41.8 Å². The van der Waals surface area contributed by atoms with E-state index in [1.165, 1.54) is 0 Å². The summed E-state index contributed by atoms with van der Waals surface area (Å²) in [6.45, 7) is 2.42. The number of anilines is 1. The molecule has 0 bridgehead atoms. The van der Waals surface area contributed by atoms with Crippen molar-refractivity contribution in [3.63, 3.8) is 0 Å². The van der Waals surface area contributed by atoms with Crippen LogP contribution >= 0.6 is 11.6 Å². The fourth-order valence-electron chi connectivity index (χ4n) is 3.47. The van der Waals surface area contributed by atoms with E-state index in [2.05, 4.69) is 0 Å². The summed E-state index contributed by atoms with van der Waals surface area (Å²) >= 11 is 6.14. The number of benzene rings is 2. The lowest BCUT2D eigenvalue weighted by molar-refractivity contribution is -0.129. The van der Waals surface area contributed by atoms with Crippen molar-refractivity contribution in [3.05, 3.63) is 65.2 Å². The predicted octanol–water partition coefficient (Wildman–Crippen LogP) is 3.55. The fourth-order valence-corrected chi connectivity index (χ4v) is 3.66. The molecular weight excluding hydrogens is 366 g/mol. The van der Waals surface area contributed by atoms with E-state index >= 15 is 0 Å². The van der Waals surface area contributed by atoms with Gasteiger partial charge in [0.15, 0.2) is 0 Å². The Labute approximate surface area is 162 Å². The fraction of sp³-hybridized carbons (Fsp3) is 0.250. The van der Waals surface area contributed by atoms with Crippen LogP contribution in [0, 0.1) is 5.92 Å². The smallest absolute Gasteiger partial charge is 0.416 e. The van der Waals surface area contributed by atoms with Gasteiger partial charge in [0.2, 0.25) is 0 Å². The Bertz CT molecular complexity index is 916. The minimum atomic E-state index is -0.632. The van der Waals surface area contributed by atoms with Crippen LogP contribution in [0.5, 0.6) is 0 Å². The van der Waals surface area contributed by atoms with Crippen molar-refractivity contribution >= 4 is 35.0 Å². The largest absolute Gasteiger partial charge is 0.447 e. The molecule has 6 nitrogen and oxygen atoms in total. The molecule has 2 heterocycles. The third-order valence-corrected chi connectivity index (χ3v) is 5.04. The zero-order valence-electron chi connectivity index (χ0n) is 14.7. The van der Waals surface area contributed by atoms with Crippen molar-refractivity contribution in [1.82, 2.24) is 4.90 Å². The van der Waals surface area contributed by atoms with E-state index in [4.69, 9.17) is 21.4 Å². The lowest BCUT2D eigenvalue weighted by Gasteiger charge is -2.27. The lowest BCUT2D eigenvalue weighted by Crippen LogP contribution is -2.48. The molecule has 0 aromatic heterocycles. The summed E-state index contributed by atoms with van der Waals surface area (Å²) in [6.07, 6.45) is -0.601. The Morgan fingerprint density at radius 1 is 1.19 bits per heavy atom. The van der Waals surface area contributed by atoms with Crippen LogP contribution in [0.15, 0.2) is 59.7 Å². The summed E-state index contributed by atoms with van der Waals surface area (Å²) in [7, 11) is 0. The number of ether oxygens (including phenoxy) is 1. The van der Waals surface area contributed by atoms with E-state index < -0.39 is 12.1 Å². The molecule has 2 amide bonds. The molecule has 2 atom stereocenters. The zero-order valence-corrected chi connectivity index (χ0v) is 15.5. The van der Waals surface area contributed by atoms with Crippen molar-refractivity contribution in [2.45, 2.75) is 13.0 Å². The number of carbonyl (C=O) groups is 2. The molecule has 2 aromatic carbocycles. The predicted molar refractivity (Wildman–Crippen MR) is 103 cm³/mol. The Morgan fingerprint density at radius 3 is 2.63 bits per heavy atom. The van der Waals surface area contributed by atoms with Crippen LogP contribution < -0.4 is 5.01 Å². The highest BCUT2D eigenvalue weighted by Crippen LogP contribution is 2.32. The molecule has 0 radical (unpaired) electrons. The molecule has 0 saturated carbocycles. The number of nitrogens with zero attached hydrogens (tertiary/aromatic N) is 3. The molecule has 0 unspecified atom stereocenters. The van der Waals surface area contributed by atoms with Gasteiger partial charge in [0.05, 0.1) is 17.9 Å². The SMILES string of the molecule is C[C@H]1C(c2cccc(Cl)c2)=NN(c2ccccc2)[C@@H]1C(=O)N1CCOC1=O. The standard InChI is InChI=1S/C20H18ClN3O3/c1-13-17(14-6-5-7-15(21)12-14)22-24(16-8-3-2-4-9-16)18(13)19(25)23-10-11-27-20(23)26/h2-9,12-13,18H,10-11H2,1H3/t13-,18-/m0/s1. The monoisotopic (exact) mass is 383 g/mol. The summed E-state index contributed by atoms with van der Waals surface area (Å²) in [6, 6.07) is 16.2. The third kappa shape index (κ3) is 3.17. The molecular formula is C20H18ClN3O3. The highest BCUT2D eigenvalue weighted by molar-refractivity contribution is 6.31. The number of cyclic esters (lactones) is 1.